The molecule has 188 valence electrons. The van der Waals surface area contributed by atoms with Crippen LogP contribution in [0.25, 0.3) is 11.3 Å². The molecule has 0 aliphatic heterocycles. The Hall–Kier alpha value is -4.48. The van der Waals surface area contributed by atoms with E-state index < -0.39 is 12.9 Å². The summed E-state index contributed by atoms with van der Waals surface area (Å²) in [5.74, 6) is -1.15. The smallest absolute Gasteiger partial charge is 0.273 e. The number of ether oxygens (including phenoxy) is 1. The molecular weight excluding hydrogens is 464 g/mol. The summed E-state index contributed by atoms with van der Waals surface area (Å²) in [5, 5.41) is 22.6. The number of carbonyl (C=O) groups is 3. The van der Waals surface area contributed by atoms with Crippen LogP contribution in [0.15, 0.2) is 30.3 Å². The highest BCUT2D eigenvalue weighted by Gasteiger charge is 2.30. The van der Waals surface area contributed by atoms with Gasteiger partial charge in [0.25, 0.3) is 11.8 Å². The van der Waals surface area contributed by atoms with Crippen molar-refractivity contribution >= 4 is 34.9 Å². The molecule has 1 aromatic carbocycles. The number of aryl methyl sites for hydroxylation is 1. The third-order valence-corrected chi connectivity index (χ3v) is 5.54. The van der Waals surface area contributed by atoms with Crippen LogP contribution in [-0.2, 0) is 11.8 Å². The van der Waals surface area contributed by atoms with Crippen molar-refractivity contribution in [2.45, 2.75) is 19.8 Å². The number of rotatable bonds is 9. The second-order valence-electron chi connectivity index (χ2n) is 8.12. The number of methoxy groups -OCH3 is 1. The van der Waals surface area contributed by atoms with Crippen molar-refractivity contribution in [1.82, 2.24) is 30.6 Å². The van der Waals surface area contributed by atoms with Gasteiger partial charge in [-0.3, -0.25) is 19.1 Å². The van der Waals surface area contributed by atoms with E-state index in [1.165, 1.54) is 17.9 Å². The molecule has 0 spiro atoms. The predicted octanol–water partition coefficient (Wildman–Crippen LogP) is 2.09. The quantitative estimate of drug-likeness (QED) is 0.352. The first-order chi connectivity index (χ1) is 18.5. The fourth-order valence-electron chi connectivity index (χ4n) is 3.61. The second-order valence-corrected chi connectivity index (χ2v) is 8.12. The molecule has 2 aromatic heterocycles. The Morgan fingerprint density at radius 1 is 1.17 bits per heavy atom. The van der Waals surface area contributed by atoms with Crippen LogP contribution >= 0.6 is 0 Å². The monoisotopic (exact) mass is 495 g/mol. The van der Waals surface area contributed by atoms with Crippen molar-refractivity contribution in [3.63, 3.8) is 0 Å². The molecule has 2 heterocycles. The van der Waals surface area contributed by atoms with Crippen LogP contribution in [0, 0.1) is 5.92 Å². The minimum atomic E-state index is -2.76. The van der Waals surface area contributed by atoms with E-state index in [-0.39, 0.29) is 34.9 Å². The molecule has 1 aliphatic rings. The SMILES string of the molecule is [2H]C([2H])([2H])NC(=O)c1nnc(NC(=O)C2CC2)cc1Nc1cccc(-c2cc(C(=O)NCC)n(C)n2)c1OC. The molecule has 12 nitrogen and oxygen atoms in total. The van der Waals surface area contributed by atoms with Gasteiger partial charge in [-0.1, -0.05) is 6.07 Å². The predicted molar refractivity (Wildman–Crippen MR) is 133 cm³/mol. The summed E-state index contributed by atoms with van der Waals surface area (Å²) < 4.78 is 29.2. The van der Waals surface area contributed by atoms with Crippen molar-refractivity contribution in [1.29, 1.82) is 0 Å². The number of hydrogen-bond donors (Lipinski definition) is 4. The summed E-state index contributed by atoms with van der Waals surface area (Å²) in [5.41, 5.74) is 1.52. The van der Waals surface area contributed by atoms with E-state index in [4.69, 9.17) is 8.85 Å². The average molecular weight is 496 g/mol. The molecule has 0 saturated heterocycles. The lowest BCUT2D eigenvalue weighted by molar-refractivity contribution is -0.117. The third kappa shape index (κ3) is 5.11. The molecule has 3 amide bonds. The van der Waals surface area contributed by atoms with Gasteiger partial charge < -0.3 is 26.0 Å². The van der Waals surface area contributed by atoms with Gasteiger partial charge in [-0.05, 0) is 38.0 Å². The number of carbonyl (C=O) groups excluding carboxylic acids is 3. The van der Waals surface area contributed by atoms with Gasteiger partial charge in [0.1, 0.15) is 5.69 Å². The van der Waals surface area contributed by atoms with Gasteiger partial charge in [0.05, 0.1) is 24.2 Å². The van der Waals surface area contributed by atoms with Crippen LogP contribution < -0.4 is 26.0 Å². The van der Waals surface area contributed by atoms with Crippen LogP contribution in [0.5, 0.6) is 5.75 Å². The Morgan fingerprint density at radius 2 is 1.97 bits per heavy atom. The standard InChI is InChI=1S/C24H28N8O4/c1-5-26-23(34)18-11-16(31-32(18)3)14-7-6-8-15(21(14)36-4)27-17-12-19(28-22(33)13-9-10-13)29-30-20(17)24(35)25-2/h6-8,11-13H,5,9-10H2,1-4H3,(H,25,35)(H,26,34)(H2,27,28,29,33)/i2D3. The van der Waals surface area contributed by atoms with E-state index in [0.29, 0.717) is 34.9 Å². The average Bonchev–Trinajstić information content (AvgIpc) is 3.65. The van der Waals surface area contributed by atoms with Gasteiger partial charge in [-0.15, -0.1) is 10.2 Å². The molecule has 3 aromatic rings. The zero-order valence-corrected chi connectivity index (χ0v) is 20.0. The third-order valence-electron chi connectivity index (χ3n) is 5.54. The van der Waals surface area contributed by atoms with E-state index in [2.05, 4.69) is 31.2 Å². The van der Waals surface area contributed by atoms with E-state index in [1.54, 1.807) is 31.3 Å². The second kappa shape index (κ2) is 10.4. The Kier molecular flexibility index (Phi) is 6.04. The van der Waals surface area contributed by atoms with Crippen molar-refractivity contribution in [3.8, 4) is 17.0 Å². The lowest BCUT2D eigenvalue weighted by Crippen LogP contribution is -2.24. The van der Waals surface area contributed by atoms with E-state index in [9.17, 15) is 14.4 Å². The topological polar surface area (TPSA) is 152 Å². The van der Waals surface area contributed by atoms with Crippen molar-refractivity contribution in [2.75, 3.05) is 31.3 Å². The summed E-state index contributed by atoms with van der Waals surface area (Å²) in [7, 11) is 3.10. The fourth-order valence-corrected chi connectivity index (χ4v) is 3.61. The molecule has 1 fully saturated rings. The molecule has 0 unspecified atom stereocenters. The summed E-state index contributed by atoms with van der Waals surface area (Å²) in [6.45, 7) is -0.479. The van der Waals surface area contributed by atoms with Gasteiger partial charge in [0.15, 0.2) is 17.3 Å². The molecular formula is C24H28N8O4. The van der Waals surface area contributed by atoms with Crippen molar-refractivity contribution in [3.05, 3.63) is 41.7 Å². The highest BCUT2D eigenvalue weighted by Crippen LogP contribution is 2.38. The zero-order chi connectivity index (χ0) is 28.3. The fraction of sp³-hybridized carbons (Fsp3) is 0.333. The van der Waals surface area contributed by atoms with E-state index in [1.807, 2.05) is 12.2 Å². The lowest BCUT2D eigenvalue weighted by atomic mass is 10.1. The molecule has 4 rings (SSSR count). The molecule has 1 aliphatic carbocycles. The zero-order valence-electron chi connectivity index (χ0n) is 23.0. The van der Waals surface area contributed by atoms with Crippen LogP contribution in [0.2, 0.25) is 0 Å². The highest BCUT2D eigenvalue weighted by atomic mass is 16.5. The molecule has 0 bridgehead atoms. The maximum Gasteiger partial charge on any atom is 0.273 e. The number of hydrogen-bond acceptors (Lipinski definition) is 8. The van der Waals surface area contributed by atoms with Crippen LogP contribution in [0.1, 0.15) is 44.9 Å². The first kappa shape index (κ1) is 20.9. The largest absolute Gasteiger partial charge is 0.494 e. The number of benzene rings is 1. The van der Waals surface area contributed by atoms with Gasteiger partial charge in [-0.25, -0.2) is 0 Å². The number of nitrogens with zero attached hydrogens (tertiary/aromatic N) is 4. The summed E-state index contributed by atoms with van der Waals surface area (Å²) >= 11 is 0. The van der Waals surface area contributed by atoms with Crippen LogP contribution in [0.4, 0.5) is 17.2 Å². The maximum atomic E-state index is 12.7. The summed E-state index contributed by atoms with van der Waals surface area (Å²) in [4.78, 5) is 37.4. The first-order valence-electron chi connectivity index (χ1n) is 12.8. The van der Waals surface area contributed by atoms with E-state index in [0.717, 1.165) is 12.8 Å². The Balaban J connectivity index is 1.72. The highest BCUT2D eigenvalue weighted by molar-refractivity contribution is 6.00. The Bertz CT molecular complexity index is 1420. The minimum absolute atomic E-state index is 0.0809. The van der Waals surface area contributed by atoms with E-state index >= 15 is 0 Å². The Morgan fingerprint density at radius 3 is 2.67 bits per heavy atom. The maximum absolute atomic E-state index is 12.7. The van der Waals surface area contributed by atoms with Gasteiger partial charge in [0, 0.05) is 42.2 Å². The van der Waals surface area contributed by atoms with Crippen molar-refractivity contribution in [2.24, 2.45) is 13.0 Å². The number of amides is 3. The normalized spacial score (nSPS) is 14.1. The van der Waals surface area contributed by atoms with Gasteiger partial charge in [-0.2, -0.15) is 5.10 Å². The number of anilines is 3. The number of aromatic nitrogens is 4. The molecule has 0 radical (unpaired) electrons. The molecule has 0 atom stereocenters. The summed E-state index contributed by atoms with van der Waals surface area (Å²) in [6.07, 6.45) is 1.56. The summed E-state index contributed by atoms with van der Waals surface area (Å²) in [6, 6.07) is 8.16. The van der Waals surface area contributed by atoms with Crippen LogP contribution in [-0.4, -0.2) is 58.3 Å². The molecule has 36 heavy (non-hydrogen) atoms. The van der Waals surface area contributed by atoms with Crippen molar-refractivity contribution < 1.29 is 23.2 Å². The van der Waals surface area contributed by atoms with Gasteiger partial charge in [0.2, 0.25) is 5.91 Å². The first-order valence-corrected chi connectivity index (χ1v) is 11.3. The van der Waals surface area contributed by atoms with Crippen LogP contribution in [0.3, 0.4) is 0 Å². The van der Waals surface area contributed by atoms with Gasteiger partial charge >= 0.3 is 0 Å². The lowest BCUT2D eigenvalue weighted by Gasteiger charge is -2.16. The molecule has 4 N–H and O–H groups in total. The number of nitrogens with one attached hydrogen (secondary N) is 4. The molecule has 1 saturated carbocycles. The molecule has 12 heteroatoms. The Labute approximate surface area is 212 Å². The number of para-hydroxylation sites is 1. The minimum Gasteiger partial charge on any atom is -0.494 e.